The van der Waals surface area contributed by atoms with Crippen LogP contribution >= 0.6 is 0 Å². The van der Waals surface area contributed by atoms with Crippen molar-refractivity contribution >= 4 is 0 Å². The van der Waals surface area contributed by atoms with Crippen molar-refractivity contribution in [3.8, 4) is 0 Å². The quantitative estimate of drug-likeness (QED) is 0.490. The number of hydrogen-bond donors (Lipinski definition) is 1. The number of hydrogen-bond acceptors (Lipinski definition) is 2. The number of aliphatic hydroxyl groups is 1. The largest absolute Gasteiger partial charge is 0.388 e. The fraction of sp³-hybridized carbons (Fsp3) is 1.00. The fourth-order valence-corrected chi connectivity index (χ4v) is 1.40. The van der Waals surface area contributed by atoms with Crippen LogP contribution in [0, 0.1) is 0 Å². The monoisotopic (exact) mass is 114 g/mol. The van der Waals surface area contributed by atoms with E-state index in [0.717, 1.165) is 12.8 Å². The van der Waals surface area contributed by atoms with E-state index in [1.54, 1.807) is 0 Å². The summed E-state index contributed by atoms with van der Waals surface area (Å²) in [6, 6.07) is 0. The van der Waals surface area contributed by atoms with Gasteiger partial charge in [-0.1, -0.05) is 0 Å². The first kappa shape index (κ1) is 4.77. The molecule has 1 saturated carbocycles. The summed E-state index contributed by atoms with van der Waals surface area (Å²) in [6.07, 6.45) is 3.25. The first-order valence-corrected chi connectivity index (χ1v) is 3.16. The van der Waals surface area contributed by atoms with Gasteiger partial charge in [0, 0.05) is 0 Å². The second-order valence-electron chi connectivity index (χ2n) is 2.75. The van der Waals surface area contributed by atoms with Crippen molar-refractivity contribution in [2.45, 2.75) is 31.0 Å². The highest BCUT2D eigenvalue weighted by Crippen LogP contribution is 2.44. The molecule has 1 atom stereocenters. The summed E-state index contributed by atoms with van der Waals surface area (Å²) < 4.78 is 5.22. The second-order valence-corrected chi connectivity index (χ2v) is 2.75. The van der Waals surface area contributed by atoms with Crippen LogP contribution in [0.2, 0.25) is 0 Å². The Morgan fingerprint density at radius 1 is 1.50 bits per heavy atom. The van der Waals surface area contributed by atoms with Gasteiger partial charge < -0.3 is 9.84 Å². The zero-order valence-corrected chi connectivity index (χ0v) is 4.76. The van der Waals surface area contributed by atoms with Crippen molar-refractivity contribution in [2.75, 3.05) is 6.61 Å². The highest BCUT2D eigenvalue weighted by molar-refractivity contribution is 5.01. The molecule has 0 aromatic rings. The van der Waals surface area contributed by atoms with Gasteiger partial charge in [-0.3, -0.25) is 0 Å². The summed E-state index contributed by atoms with van der Waals surface area (Å²) in [5, 5.41) is 9.09. The van der Waals surface area contributed by atoms with Crippen molar-refractivity contribution in [1.82, 2.24) is 0 Å². The molecule has 2 rings (SSSR count). The minimum absolute atomic E-state index is 0.0417. The van der Waals surface area contributed by atoms with Crippen LogP contribution in [0.25, 0.3) is 0 Å². The average molecular weight is 114 g/mol. The molecule has 0 amide bonds. The SMILES string of the molecule is OC1COC12CCC2. The van der Waals surface area contributed by atoms with E-state index < -0.39 is 0 Å². The summed E-state index contributed by atoms with van der Waals surface area (Å²) in [4.78, 5) is 0. The summed E-state index contributed by atoms with van der Waals surface area (Å²) >= 11 is 0. The van der Waals surface area contributed by atoms with Gasteiger partial charge in [0.05, 0.1) is 12.2 Å². The first-order chi connectivity index (χ1) is 3.83. The Balaban J connectivity index is 2.03. The molecule has 2 heteroatoms. The molecular weight excluding hydrogens is 104 g/mol. The van der Waals surface area contributed by atoms with E-state index >= 15 is 0 Å². The number of ether oxygens (including phenoxy) is 1. The van der Waals surface area contributed by atoms with E-state index in [1.807, 2.05) is 0 Å². The van der Waals surface area contributed by atoms with Gasteiger partial charge in [0.15, 0.2) is 0 Å². The Hall–Kier alpha value is -0.0800. The van der Waals surface area contributed by atoms with Crippen LogP contribution in [0.4, 0.5) is 0 Å². The maximum absolute atomic E-state index is 9.09. The Morgan fingerprint density at radius 3 is 2.25 bits per heavy atom. The molecule has 2 fully saturated rings. The Morgan fingerprint density at radius 2 is 2.25 bits per heavy atom. The summed E-state index contributed by atoms with van der Waals surface area (Å²) in [5.74, 6) is 0. The second kappa shape index (κ2) is 1.25. The predicted molar refractivity (Wildman–Crippen MR) is 28.5 cm³/mol. The molecule has 0 radical (unpaired) electrons. The number of rotatable bonds is 0. The molecule has 0 aromatic carbocycles. The van der Waals surface area contributed by atoms with Crippen LogP contribution in [0.1, 0.15) is 19.3 Å². The van der Waals surface area contributed by atoms with Crippen LogP contribution in [0.15, 0.2) is 0 Å². The molecule has 0 bridgehead atoms. The van der Waals surface area contributed by atoms with Crippen LogP contribution < -0.4 is 0 Å². The Labute approximate surface area is 48.5 Å². The van der Waals surface area contributed by atoms with Crippen LogP contribution in [0.3, 0.4) is 0 Å². The minimum atomic E-state index is -0.142. The lowest BCUT2D eigenvalue weighted by atomic mass is 9.73. The molecule has 1 unspecified atom stereocenters. The molecule has 8 heavy (non-hydrogen) atoms. The van der Waals surface area contributed by atoms with Gasteiger partial charge in [0.25, 0.3) is 0 Å². The minimum Gasteiger partial charge on any atom is -0.388 e. The zero-order chi connectivity index (χ0) is 5.61. The lowest BCUT2D eigenvalue weighted by Gasteiger charge is -2.52. The third kappa shape index (κ3) is 0.361. The normalized spacial score (nSPS) is 40.9. The van der Waals surface area contributed by atoms with Crippen molar-refractivity contribution in [3.05, 3.63) is 0 Å². The molecular formula is C6H10O2. The molecule has 1 aliphatic carbocycles. The van der Waals surface area contributed by atoms with Crippen LogP contribution in [-0.2, 0) is 4.74 Å². The van der Waals surface area contributed by atoms with E-state index in [9.17, 15) is 0 Å². The molecule has 2 nitrogen and oxygen atoms in total. The smallest absolute Gasteiger partial charge is 0.106 e. The lowest BCUT2D eigenvalue weighted by Crippen LogP contribution is -2.61. The van der Waals surface area contributed by atoms with E-state index in [2.05, 4.69) is 0 Å². The third-order valence-corrected chi connectivity index (χ3v) is 2.34. The standard InChI is InChI=1S/C6H10O2/c7-5-4-8-6(5)2-1-3-6/h5,7H,1-4H2. The maximum Gasteiger partial charge on any atom is 0.106 e. The van der Waals surface area contributed by atoms with Crippen molar-refractivity contribution in [3.63, 3.8) is 0 Å². The third-order valence-electron chi connectivity index (χ3n) is 2.34. The first-order valence-electron chi connectivity index (χ1n) is 3.16. The van der Waals surface area contributed by atoms with E-state index in [1.165, 1.54) is 6.42 Å². The van der Waals surface area contributed by atoms with Gasteiger partial charge in [-0.25, -0.2) is 0 Å². The Kier molecular flexibility index (Phi) is 0.746. The molecule has 2 aliphatic rings. The van der Waals surface area contributed by atoms with Gasteiger partial charge in [-0.2, -0.15) is 0 Å². The highest BCUT2D eigenvalue weighted by Gasteiger charge is 2.51. The lowest BCUT2D eigenvalue weighted by molar-refractivity contribution is -0.271. The molecule has 1 aliphatic heterocycles. The van der Waals surface area contributed by atoms with Gasteiger partial charge in [0.2, 0.25) is 0 Å². The maximum atomic E-state index is 9.09. The molecule has 1 saturated heterocycles. The van der Waals surface area contributed by atoms with Gasteiger partial charge in [-0.15, -0.1) is 0 Å². The topological polar surface area (TPSA) is 29.5 Å². The summed E-state index contributed by atoms with van der Waals surface area (Å²) in [5.41, 5.74) is -0.0417. The van der Waals surface area contributed by atoms with E-state index in [-0.39, 0.29) is 11.7 Å². The molecule has 0 aromatic heterocycles. The van der Waals surface area contributed by atoms with Crippen LogP contribution in [-0.4, -0.2) is 23.4 Å². The average Bonchev–Trinajstić information content (AvgIpc) is 1.58. The molecule has 1 spiro atoms. The highest BCUT2D eigenvalue weighted by atomic mass is 16.6. The molecule has 46 valence electrons. The van der Waals surface area contributed by atoms with Crippen LogP contribution in [0.5, 0.6) is 0 Å². The zero-order valence-electron chi connectivity index (χ0n) is 4.76. The van der Waals surface area contributed by atoms with Gasteiger partial charge in [-0.05, 0) is 19.3 Å². The fourth-order valence-electron chi connectivity index (χ4n) is 1.40. The van der Waals surface area contributed by atoms with Crippen molar-refractivity contribution in [1.29, 1.82) is 0 Å². The number of aliphatic hydroxyl groups excluding tert-OH is 1. The van der Waals surface area contributed by atoms with Gasteiger partial charge in [0.1, 0.15) is 6.10 Å². The molecule has 1 N–H and O–H groups in total. The van der Waals surface area contributed by atoms with Crippen molar-refractivity contribution in [2.24, 2.45) is 0 Å². The predicted octanol–water partition coefficient (Wildman–Crippen LogP) is 0.300. The van der Waals surface area contributed by atoms with Gasteiger partial charge >= 0.3 is 0 Å². The van der Waals surface area contributed by atoms with E-state index in [4.69, 9.17) is 9.84 Å². The Bertz CT molecular complexity index is 102. The van der Waals surface area contributed by atoms with E-state index in [0.29, 0.717) is 6.61 Å². The molecule has 1 heterocycles. The summed E-state index contributed by atoms with van der Waals surface area (Å²) in [6.45, 7) is 0.569. The summed E-state index contributed by atoms with van der Waals surface area (Å²) in [7, 11) is 0. The van der Waals surface area contributed by atoms with Crippen molar-refractivity contribution < 1.29 is 9.84 Å².